The van der Waals surface area contributed by atoms with Crippen molar-refractivity contribution in [3.63, 3.8) is 0 Å². The number of nitrogens with zero attached hydrogens (tertiary/aromatic N) is 1. The number of carbonyl (C=O) groups excluding carboxylic acids is 2. The highest BCUT2D eigenvalue weighted by Gasteiger charge is 2.19. The van der Waals surface area contributed by atoms with Gasteiger partial charge in [-0.3, -0.25) is 15.0 Å². The zero-order chi connectivity index (χ0) is 20.4. The maximum atomic E-state index is 12.0. The average Bonchev–Trinajstić information content (AvgIpc) is 2.77. The van der Waals surface area contributed by atoms with E-state index in [9.17, 15) is 9.59 Å². The lowest BCUT2D eigenvalue weighted by Crippen LogP contribution is -2.40. The van der Waals surface area contributed by atoms with Crippen LogP contribution in [0.2, 0.25) is 0 Å². The van der Waals surface area contributed by atoms with E-state index in [2.05, 4.69) is 26.8 Å². The molecule has 1 atom stereocenters. The number of allylic oxidation sites excluding steroid dienone is 3. The number of carbonyl (C=O) groups is 2. The van der Waals surface area contributed by atoms with Gasteiger partial charge in [0, 0.05) is 24.9 Å². The van der Waals surface area contributed by atoms with Crippen molar-refractivity contribution in [2.75, 3.05) is 18.5 Å². The highest BCUT2D eigenvalue weighted by Crippen LogP contribution is 2.25. The van der Waals surface area contributed by atoms with Crippen LogP contribution in [-0.4, -0.2) is 25.3 Å². The summed E-state index contributed by atoms with van der Waals surface area (Å²) in [5.41, 5.74) is 8.64. The number of aryl methyl sites for hydroxylation is 1. The molecule has 1 aliphatic carbocycles. The lowest BCUT2D eigenvalue weighted by atomic mass is 10.0. The number of benzene rings is 1. The molecule has 1 aliphatic rings. The number of ketones is 1. The Morgan fingerprint density at radius 3 is 2.56 bits per heavy atom. The third kappa shape index (κ3) is 7.59. The molecule has 1 amide bonds. The second-order valence-corrected chi connectivity index (χ2v) is 7.25. The van der Waals surface area contributed by atoms with Crippen molar-refractivity contribution in [2.45, 2.75) is 40.5 Å². The van der Waals surface area contributed by atoms with E-state index >= 15 is 0 Å². The van der Waals surface area contributed by atoms with Crippen molar-refractivity contribution in [2.24, 2.45) is 5.92 Å². The van der Waals surface area contributed by atoms with E-state index in [-0.39, 0.29) is 24.2 Å². The van der Waals surface area contributed by atoms with Crippen molar-refractivity contribution in [3.8, 4) is 0 Å². The number of Topliss-reactive ketones (excluding diaryl/α,β-unsaturated/α-hetero) is 1. The van der Waals surface area contributed by atoms with Gasteiger partial charge in [0.15, 0.2) is 5.78 Å². The van der Waals surface area contributed by atoms with Gasteiger partial charge < -0.3 is 10.3 Å². The molecule has 0 aliphatic heterocycles. The van der Waals surface area contributed by atoms with Crippen LogP contribution in [-0.2, 0) is 9.59 Å². The fraction of sp³-hybridized carbons (Fsp3) is 0.429. The minimum Gasteiger partial charge on any atom is -0.365 e. The first kappa shape index (κ1) is 23.0. The van der Waals surface area contributed by atoms with Crippen LogP contribution in [0.3, 0.4) is 0 Å². The first-order chi connectivity index (χ1) is 12.9. The SMILES string of the molecule is CC.Cc1ccc(N(C)CC(=O)NN/C=C2/C=C(Br)C(=O)C(C)CC2)cc1. The summed E-state index contributed by atoms with van der Waals surface area (Å²) in [5, 5.41) is 0. The molecule has 0 fully saturated rings. The molecule has 0 saturated heterocycles. The Hall–Kier alpha value is -2.08. The van der Waals surface area contributed by atoms with Gasteiger partial charge in [-0.15, -0.1) is 0 Å². The van der Waals surface area contributed by atoms with E-state index < -0.39 is 0 Å². The summed E-state index contributed by atoms with van der Waals surface area (Å²) in [4.78, 5) is 25.8. The summed E-state index contributed by atoms with van der Waals surface area (Å²) in [7, 11) is 1.88. The molecule has 1 unspecified atom stereocenters. The quantitative estimate of drug-likeness (QED) is 0.678. The second kappa shape index (κ2) is 11.6. The fourth-order valence-corrected chi connectivity index (χ4v) is 3.21. The van der Waals surface area contributed by atoms with Crippen LogP contribution in [0.1, 0.15) is 39.2 Å². The second-order valence-electron chi connectivity index (χ2n) is 6.40. The Balaban J connectivity index is 0.00000176. The molecule has 148 valence electrons. The molecule has 0 bridgehead atoms. The summed E-state index contributed by atoms with van der Waals surface area (Å²) >= 11 is 3.32. The molecular weight excluding hydrogens is 406 g/mol. The molecule has 5 nitrogen and oxygen atoms in total. The predicted molar refractivity (Wildman–Crippen MR) is 116 cm³/mol. The number of hydrazine groups is 1. The first-order valence-corrected chi connectivity index (χ1v) is 10.1. The summed E-state index contributed by atoms with van der Waals surface area (Å²) in [6.45, 7) is 8.20. The van der Waals surface area contributed by atoms with Crippen LogP contribution >= 0.6 is 15.9 Å². The molecule has 2 N–H and O–H groups in total. The zero-order valence-electron chi connectivity index (χ0n) is 16.8. The van der Waals surface area contributed by atoms with E-state index in [0.29, 0.717) is 4.48 Å². The molecule has 2 rings (SSSR count). The van der Waals surface area contributed by atoms with Crippen molar-refractivity contribution in [3.05, 3.63) is 52.2 Å². The third-order valence-electron chi connectivity index (χ3n) is 4.19. The Labute approximate surface area is 171 Å². The van der Waals surface area contributed by atoms with Gasteiger partial charge in [0.05, 0.1) is 11.0 Å². The van der Waals surface area contributed by atoms with Crippen LogP contribution in [0, 0.1) is 12.8 Å². The largest absolute Gasteiger partial charge is 0.365 e. The molecular formula is C21H30BrN3O2. The van der Waals surface area contributed by atoms with Crippen LogP contribution in [0.25, 0.3) is 0 Å². The molecule has 0 heterocycles. The number of amides is 1. The molecule has 27 heavy (non-hydrogen) atoms. The molecule has 0 radical (unpaired) electrons. The predicted octanol–water partition coefficient (Wildman–Crippen LogP) is 4.24. The molecule has 0 saturated carbocycles. The third-order valence-corrected chi connectivity index (χ3v) is 4.81. The van der Waals surface area contributed by atoms with Crippen molar-refractivity contribution in [1.82, 2.24) is 10.9 Å². The van der Waals surface area contributed by atoms with Crippen molar-refractivity contribution < 1.29 is 9.59 Å². The number of rotatable bonds is 5. The van der Waals surface area contributed by atoms with E-state index in [4.69, 9.17) is 0 Å². The summed E-state index contributed by atoms with van der Waals surface area (Å²) in [6, 6.07) is 8.02. The Kier molecular flexibility index (Phi) is 9.86. The summed E-state index contributed by atoms with van der Waals surface area (Å²) < 4.78 is 0.580. The minimum atomic E-state index is -0.138. The Morgan fingerprint density at radius 1 is 1.30 bits per heavy atom. The van der Waals surface area contributed by atoms with Gasteiger partial charge in [0.2, 0.25) is 0 Å². The smallest absolute Gasteiger partial charge is 0.257 e. The number of anilines is 1. The van der Waals surface area contributed by atoms with Crippen LogP contribution in [0.5, 0.6) is 0 Å². The van der Waals surface area contributed by atoms with Crippen molar-refractivity contribution in [1.29, 1.82) is 0 Å². The maximum absolute atomic E-state index is 12.0. The normalized spacial score (nSPS) is 18.0. The lowest BCUT2D eigenvalue weighted by Gasteiger charge is -2.19. The topological polar surface area (TPSA) is 61.4 Å². The first-order valence-electron chi connectivity index (χ1n) is 9.29. The Morgan fingerprint density at radius 2 is 1.93 bits per heavy atom. The van der Waals surface area contributed by atoms with Crippen LogP contribution in [0.4, 0.5) is 5.69 Å². The van der Waals surface area contributed by atoms with E-state index in [1.165, 1.54) is 5.56 Å². The van der Waals surface area contributed by atoms with Crippen molar-refractivity contribution >= 4 is 33.3 Å². The van der Waals surface area contributed by atoms with E-state index in [1.54, 1.807) is 6.20 Å². The number of halogens is 1. The molecule has 1 aromatic carbocycles. The molecule has 1 aromatic rings. The van der Waals surface area contributed by atoms with Gasteiger partial charge in [0.1, 0.15) is 0 Å². The monoisotopic (exact) mass is 435 g/mol. The number of hydrogen-bond donors (Lipinski definition) is 2. The standard InChI is InChI=1S/C19H24BrN3O2.C2H6/c1-13-4-8-16(9-5-13)23(3)12-18(24)22-21-11-15-7-6-14(2)19(25)17(20)10-15;1-2/h4-5,8-11,14,21H,6-7,12H2,1-3H3,(H,22,24);1-2H3/b15-11+;. The van der Waals surface area contributed by atoms with Gasteiger partial charge in [0.25, 0.3) is 5.91 Å². The summed E-state index contributed by atoms with van der Waals surface area (Å²) in [6.07, 6.45) is 5.12. The summed E-state index contributed by atoms with van der Waals surface area (Å²) in [5.74, 6) is -0.0116. The maximum Gasteiger partial charge on any atom is 0.257 e. The number of likely N-dealkylation sites (N-methyl/N-ethyl adjacent to an activating group) is 1. The minimum absolute atomic E-state index is 0.00859. The van der Waals surface area contributed by atoms with Crippen LogP contribution in [0.15, 0.2) is 46.6 Å². The van der Waals surface area contributed by atoms with E-state index in [1.807, 2.05) is 70.0 Å². The molecule has 0 spiro atoms. The van der Waals surface area contributed by atoms with Gasteiger partial charge in [-0.25, -0.2) is 0 Å². The number of nitrogens with one attached hydrogen (secondary N) is 2. The van der Waals surface area contributed by atoms with Crippen LogP contribution < -0.4 is 15.8 Å². The van der Waals surface area contributed by atoms with Gasteiger partial charge in [-0.05, 0) is 59.5 Å². The highest BCUT2D eigenvalue weighted by atomic mass is 79.9. The lowest BCUT2D eigenvalue weighted by molar-refractivity contribution is -0.120. The van der Waals surface area contributed by atoms with Gasteiger partial charge >= 0.3 is 0 Å². The average molecular weight is 436 g/mol. The molecule has 0 aromatic heterocycles. The van der Waals surface area contributed by atoms with Gasteiger partial charge in [-0.1, -0.05) is 38.5 Å². The fourth-order valence-electron chi connectivity index (χ4n) is 2.52. The number of hydrogen-bond acceptors (Lipinski definition) is 4. The highest BCUT2D eigenvalue weighted by molar-refractivity contribution is 9.12. The zero-order valence-corrected chi connectivity index (χ0v) is 18.4. The van der Waals surface area contributed by atoms with E-state index in [0.717, 1.165) is 24.1 Å². The van der Waals surface area contributed by atoms with Gasteiger partial charge in [-0.2, -0.15) is 0 Å². The molecule has 6 heteroatoms. The Bertz CT molecular complexity index is 696.